The molecule has 0 heterocycles. The molecule has 0 saturated heterocycles. The molecule has 2 aromatic rings. The lowest BCUT2D eigenvalue weighted by atomic mass is 10.2. The summed E-state index contributed by atoms with van der Waals surface area (Å²) >= 11 is 11.0. The summed E-state index contributed by atoms with van der Waals surface area (Å²) in [5.74, 6) is 0. The van der Waals surface area contributed by atoms with E-state index < -0.39 is 4.92 Å². The van der Waals surface area contributed by atoms with Gasteiger partial charge in [0, 0.05) is 28.4 Å². The SMILES string of the molecule is O=[N+]([O-])c1ccc(Cl)c(C=NNC(=S)Nc2ccccc2)c1. The van der Waals surface area contributed by atoms with Crippen LogP contribution in [0.1, 0.15) is 5.56 Å². The number of nitro groups is 1. The number of hydrogen-bond acceptors (Lipinski definition) is 4. The molecule has 2 N–H and O–H groups in total. The van der Waals surface area contributed by atoms with E-state index in [1.165, 1.54) is 24.4 Å². The number of halogens is 1. The Labute approximate surface area is 136 Å². The fourth-order valence-electron chi connectivity index (χ4n) is 1.58. The quantitative estimate of drug-likeness (QED) is 0.387. The number of non-ortho nitro benzene ring substituents is 1. The van der Waals surface area contributed by atoms with E-state index in [1.54, 1.807) is 0 Å². The third kappa shape index (κ3) is 4.51. The van der Waals surface area contributed by atoms with Crippen molar-refractivity contribution < 1.29 is 4.92 Å². The fraction of sp³-hybridized carbons (Fsp3) is 0. The van der Waals surface area contributed by atoms with Gasteiger partial charge in [0.05, 0.1) is 11.1 Å². The maximum Gasteiger partial charge on any atom is 0.270 e. The first-order valence-corrected chi connectivity index (χ1v) is 6.94. The van der Waals surface area contributed by atoms with E-state index in [-0.39, 0.29) is 5.69 Å². The number of nitrogens with zero attached hydrogens (tertiary/aromatic N) is 2. The minimum absolute atomic E-state index is 0.0594. The molecule has 0 aliphatic rings. The number of hydrazone groups is 1. The van der Waals surface area contributed by atoms with E-state index in [4.69, 9.17) is 23.8 Å². The van der Waals surface area contributed by atoms with Gasteiger partial charge in [0.1, 0.15) is 0 Å². The first-order chi connectivity index (χ1) is 10.6. The smallest absolute Gasteiger partial charge is 0.270 e. The van der Waals surface area contributed by atoms with Crippen LogP contribution in [0, 0.1) is 10.1 Å². The van der Waals surface area contributed by atoms with Crippen molar-refractivity contribution in [1.82, 2.24) is 5.43 Å². The van der Waals surface area contributed by atoms with E-state index >= 15 is 0 Å². The number of anilines is 1. The van der Waals surface area contributed by atoms with Gasteiger partial charge in [-0.25, -0.2) is 0 Å². The zero-order chi connectivity index (χ0) is 15.9. The molecule has 0 aromatic heterocycles. The summed E-state index contributed by atoms with van der Waals surface area (Å²) in [5, 5.41) is 18.2. The molecule has 0 atom stereocenters. The second-order valence-electron chi connectivity index (χ2n) is 4.15. The van der Waals surface area contributed by atoms with Gasteiger partial charge in [-0.3, -0.25) is 15.5 Å². The van der Waals surface area contributed by atoms with Crippen LogP contribution in [0.5, 0.6) is 0 Å². The number of nitrogens with one attached hydrogen (secondary N) is 2. The van der Waals surface area contributed by atoms with Crippen molar-refractivity contribution in [1.29, 1.82) is 0 Å². The molecule has 6 nitrogen and oxygen atoms in total. The fourth-order valence-corrected chi connectivity index (χ4v) is 1.92. The van der Waals surface area contributed by atoms with E-state index in [0.717, 1.165) is 5.69 Å². The van der Waals surface area contributed by atoms with E-state index in [0.29, 0.717) is 15.7 Å². The van der Waals surface area contributed by atoms with Crippen molar-refractivity contribution in [3.63, 3.8) is 0 Å². The molecule has 0 bridgehead atoms. The largest absolute Gasteiger partial charge is 0.331 e. The van der Waals surface area contributed by atoms with Gasteiger partial charge in [-0.15, -0.1) is 0 Å². The van der Waals surface area contributed by atoms with Crippen LogP contribution in [-0.4, -0.2) is 16.3 Å². The predicted octanol–water partition coefficient (Wildman–Crippen LogP) is 3.57. The number of rotatable bonds is 4. The van der Waals surface area contributed by atoms with Crippen molar-refractivity contribution in [2.75, 3.05) is 5.32 Å². The van der Waals surface area contributed by atoms with E-state index in [1.807, 2.05) is 30.3 Å². The molecule has 0 aliphatic heterocycles. The number of thiocarbonyl (C=S) groups is 1. The highest BCUT2D eigenvalue weighted by Gasteiger charge is 2.08. The van der Waals surface area contributed by atoms with Crippen LogP contribution >= 0.6 is 23.8 Å². The lowest BCUT2D eigenvalue weighted by molar-refractivity contribution is -0.384. The number of nitro benzene ring substituents is 1. The lowest BCUT2D eigenvalue weighted by Gasteiger charge is -2.06. The Morgan fingerprint density at radius 2 is 2.00 bits per heavy atom. The minimum atomic E-state index is -0.497. The molecule has 0 fully saturated rings. The van der Waals surface area contributed by atoms with Crippen molar-refractivity contribution in [2.45, 2.75) is 0 Å². The Balaban J connectivity index is 1.99. The lowest BCUT2D eigenvalue weighted by Crippen LogP contribution is -2.23. The Kier molecular flexibility index (Phi) is 5.40. The first kappa shape index (κ1) is 15.9. The third-order valence-corrected chi connectivity index (χ3v) is 3.13. The predicted molar refractivity (Wildman–Crippen MR) is 91.5 cm³/mol. The molecular weight excluding hydrogens is 324 g/mol. The van der Waals surface area contributed by atoms with Gasteiger partial charge in [0.25, 0.3) is 5.69 Å². The molecule has 22 heavy (non-hydrogen) atoms. The van der Waals surface area contributed by atoms with Gasteiger partial charge in [0.15, 0.2) is 5.11 Å². The van der Waals surface area contributed by atoms with Crippen LogP contribution in [0.25, 0.3) is 0 Å². The minimum Gasteiger partial charge on any atom is -0.331 e. The maximum atomic E-state index is 10.7. The van der Waals surface area contributed by atoms with Crippen LogP contribution in [0.15, 0.2) is 53.6 Å². The summed E-state index contributed by atoms with van der Waals surface area (Å²) < 4.78 is 0. The summed E-state index contributed by atoms with van der Waals surface area (Å²) in [6, 6.07) is 13.5. The monoisotopic (exact) mass is 334 g/mol. The van der Waals surface area contributed by atoms with Crippen LogP contribution in [0.4, 0.5) is 11.4 Å². The number of hydrogen-bond donors (Lipinski definition) is 2. The number of para-hydroxylation sites is 1. The topological polar surface area (TPSA) is 79.6 Å². The van der Waals surface area contributed by atoms with Crippen LogP contribution < -0.4 is 10.7 Å². The molecular formula is C14H11ClN4O2S. The highest BCUT2D eigenvalue weighted by Crippen LogP contribution is 2.20. The van der Waals surface area contributed by atoms with Crippen LogP contribution in [0.2, 0.25) is 5.02 Å². The van der Waals surface area contributed by atoms with Gasteiger partial charge in [-0.2, -0.15) is 5.10 Å². The third-order valence-electron chi connectivity index (χ3n) is 2.59. The first-order valence-electron chi connectivity index (χ1n) is 6.15. The molecule has 8 heteroatoms. The van der Waals surface area contributed by atoms with Crippen LogP contribution in [-0.2, 0) is 0 Å². The molecule has 0 saturated carbocycles. The Bertz CT molecular complexity index is 722. The van der Waals surface area contributed by atoms with Crippen molar-refractivity contribution in [3.05, 3.63) is 69.2 Å². The molecule has 112 valence electrons. The Morgan fingerprint density at radius 1 is 1.27 bits per heavy atom. The zero-order valence-corrected chi connectivity index (χ0v) is 12.8. The summed E-state index contributed by atoms with van der Waals surface area (Å²) in [6.45, 7) is 0. The average molecular weight is 335 g/mol. The maximum absolute atomic E-state index is 10.7. The summed E-state index contributed by atoms with van der Waals surface area (Å²) in [7, 11) is 0. The van der Waals surface area contributed by atoms with Gasteiger partial charge < -0.3 is 5.32 Å². The van der Waals surface area contributed by atoms with Gasteiger partial charge in [0.2, 0.25) is 0 Å². The highest BCUT2D eigenvalue weighted by atomic mass is 35.5. The normalized spacial score (nSPS) is 10.4. The molecule has 0 amide bonds. The van der Waals surface area contributed by atoms with Gasteiger partial charge in [-0.1, -0.05) is 29.8 Å². The van der Waals surface area contributed by atoms with Crippen molar-refractivity contribution in [2.24, 2.45) is 5.10 Å². The second-order valence-corrected chi connectivity index (χ2v) is 4.97. The molecule has 0 radical (unpaired) electrons. The number of benzene rings is 2. The molecule has 0 aliphatic carbocycles. The molecule has 0 spiro atoms. The molecule has 2 aromatic carbocycles. The van der Waals surface area contributed by atoms with E-state index in [9.17, 15) is 10.1 Å². The van der Waals surface area contributed by atoms with Crippen LogP contribution in [0.3, 0.4) is 0 Å². The highest BCUT2D eigenvalue weighted by molar-refractivity contribution is 7.80. The van der Waals surface area contributed by atoms with Crippen molar-refractivity contribution >= 4 is 46.5 Å². The summed E-state index contributed by atoms with van der Waals surface area (Å²) in [5.41, 5.74) is 3.80. The Hall–Kier alpha value is -2.51. The second kappa shape index (κ2) is 7.48. The van der Waals surface area contributed by atoms with Gasteiger partial charge in [-0.05, 0) is 30.4 Å². The van der Waals surface area contributed by atoms with E-state index in [2.05, 4.69) is 15.8 Å². The standard InChI is InChI=1S/C14H11ClN4O2S/c15-13-7-6-12(19(20)21)8-10(13)9-16-18-14(22)17-11-4-2-1-3-5-11/h1-9H,(H2,17,18,22). The zero-order valence-electron chi connectivity index (χ0n) is 11.2. The van der Waals surface area contributed by atoms with Crippen molar-refractivity contribution in [3.8, 4) is 0 Å². The Morgan fingerprint density at radius 3 is 2.68 bits per heavy atom. The summed E-state index contributed by atoms with van der Waals surface area (Å²) in [6.07, 6.45) is 1.37. The average Bonchev–Trinajstić information content (AvgIpc) is 2.50. The molecule has 0 unspecified atom stereocenters. The molecule has 2 rings (SSSR count). The summed E-state index contributed by atoms with van der Waals surface area (Å²) in [4.78, 5) is 10.2. The van der Waals surface area contributed by atoms with Gasteiger partial charge >= 0.3 is 0 Å².